The molecule has 0 aliphatic rings. The first-order valence-electron chi connectivity index (χ1n) is 7.25. The molecule has 0 aliphatic carbocycles. The Morgan fingerprint density at radius 1 is 0.667 bits per heavy atom. The maximum atomic E-state index is 12.0. The molecule has 2 amide bonds. The molecule has 3 rings (SSSR count). The van der Waals surface area contributed by atoms with Gasteiger partial charge in [-0.15, -0.1) is 0 Å². The summed E-state index contributed by atoms with van der Waals surface area (Å²) in [5, 5.41) is 5.55. The monoisotopic (exact) mass is 318 g/mol. The quantitative estimate of drug-likeness (QED) is 0.774. The van der Waals surface area contributed by atoms with Gasteiger partial charge in [-0.05, 0) is 48.5 Å². The lowest BCUT2D eigenvalue weighted by Crippen LogP contribution is -2.13. The van der Waals surface area contributed by atoms with Gasteiger partial charge in [0.05, 0.1) is 5.56 Å². The third-order valence-electron chi connectivity index (χ3n) is 3.27. The van der Waals surface area contributed by atoms with Crippen molar-refractivity contribution in [2.24, 2.45) is 0 Å². The SMILES string of the molecule is O=C(Nc1ccc(NC(=O)c2cccnc2)cc1)c1ccncc1. The molecule has 0 bridgehead atoms. The fraction of sp³-hybridized carbons (Fsp3) is 0. The molecule has 1 aromatic carbocycles. The number of anilines is 2. The Kier molecular flexibility index (Phi) is 4.57. The molecular weight excluding hydrogens is 304 g/mol. The molecule has 0 fully saturated rings. The second-order valence-electron chi connectivity index (χ2n) is 4.96. The summed E-state index contributed by atoms with van der Waals surface area (Å²) in [5.41, 5.74) is 2.27. The highest BCUT2D eigenvalue weighted by Crippen LogP contribution is 2.15. The molecule has 2 aromatic heterocycles. The summed E-state index contributed by atoms with van der Waals surface area (Å²) in [4.78, 5) is 31.9. The number of nitrogens with one attached hydrogen (secondary N) is 2. The first kappa shape index (κ1) is 15.4. The second kappa shape index (κ2) is 7.15. The molecule has 0 radical (unpaired) electrons. The van der Waals surface area contributed by atoms with Crippen molar-refractivity contribution in [2.75, 3.05) is 10.6 Å². The Hall–Kier alpha value is -3.54. The maximum absolute atomic E-state index is 12.0. The van der Waals surface area contributed by atoms with Crippen LogP contribution in [0.5, 0.6) is 0 Å². The highest BCUT2D eigenvalue weighted by Gasteiger charge is 2.07. The van der Waals surface area contributed by atoms with Crippen molar-refractivity contribution in [2.45, 2.75) is 0 Å². The number of nitrogens with zero attached hydrogens (tertiary/aromatic N) is 2. The largest absolute Gasteiger partial charge is 0.322 e. The topological polar surface area (TPSA) is 84.0 Å². The van der Waals surface area contributed by atoms with Crippen LogP contribution < -0.4 is 10.6 Å². The highest BCUT2D eigenvalue weighted by molar-refractivity contribution is 6.05. The van der Waals surface area contributed by atoms with E-state index in [2.05, 4.69) is 20.6 Å². The van der Waals surface area contributed by atoms with Gasteiger partial charge >= 0.3 is 0 Å². The normalized spacial score (nSPS) is 10.0. The van der Waals surface area contributed by atoms with Gasteiger partial charge in [-0.1, -0.05) is 0 Å². The Labute approximate surface area is 138 Å². The molecule has 6 nitrogen and oxygen atoms in total. The van der Waals surface area contributed by atoms with E-state index in [4.69, 9.17) is 0 Å². The molecule has 2 N–H and O–H groups in total. The minimum atomic E-state index is -0.239. The molecular formula is C18H14N4O2. The van der Waals surface area contributed by atoms with Crippen LogP contribution in [0.1, 0.15) is 20.7 Å². The van der Waals surface area contributed by atoms with Crippen molar-refractivity contribution >= 4 is 23.2 Å². The van der Waals surface area contributed by atoms with Gasteiger partial charge in [0, 0.05) is 41.7 Å². The number of amides is 2. The van der Waals surface area contributed by atoms with E-state index in [1.54, 1.807) is 67.1 Å². The molecule has 0 saturated heterocycles. The van der Waals surface area contributed by atoms with Crippen LogP contribution in [0.25, 0.3) is 0 Å². The lowest BCUT2D eigenvalue weighted by atomic mass is 10.2. The third kappa shape index (κ3) is 3.80. The van der Waals surface area contributed by atoms with Crippen LogP contribution in [0.15, 0.2) is 73.3 Å². The number of aromatic nitrogens is 2. The summed E-state index contributed by atoms with van der Waals surface area (Å²) in [6, 6.07) is 13.5. The lowest BCUT2D eigenvalue weighted by Gasteiger charge is -2.08. The van der Waals surface area contributed by atoms with Gasteiger partial charge in [-0.25, -0.2) is 0 Å². The van der Waals surface area contributed by atoms with Gasteiger partial charge in [0.15, 0.2) is 0 Å². The molecule has 0 aliphatic heterocycles. The van der Waals surface area contributed by atoms with Gasteiger partial charge in [0.2, 0.25) is 0 Å². The highest BCUT2D eigenvalue weighted by atomic mass is 16.2. The molecule has 2 heterocycles. The summed E-state index contributed by atoms with van der Waals surface area (Å²) >= 11 is 0. The van der Waals surface area contributed by atoms with Crippen molar-refractivity contribution in [1.29, 1.82) is 0 Å². The predicted octanol–water partition coefficient (Wildman–Crippen LogP) is 2.98. The Balaban J connectivity index is 1.63. The minimum Gasteiger partial charge on any atom is -0.322 e. The number of hydrogen-bond acceptors (Lipinski definition) is 4. The molecule has 6 heteroatoms. The Bertz CT molecular complexity index is 761. The van der Waals surface area contributed by atoms with Gasteiger partial charge < -0.3 is 10.6 Å². The first-order valence-corrected chi connectivity index (χ1v) is 7.25. The van der Waals surface area contributed by atoms with Crippen LogP contribution in [-0.2, 0) is 0 Å². The third-order valence-corrected chi connectivity index (χ3v) is 3.27. The maximum Gasteiger partial charge on any atom is 0.257 e. The van der Waals surface area contributed by atoms with E-state index in [0.717, 1.165) is 0 Å². The standard InChI is InChI=1S/C18H14N4O2/c23-17(13-7-10-19-11-8-13)21-15-3-5-16(6-4-15)22-18(24)14-2-1-9-20-12-14/h1-12H,(H,21,23)(H,22,24). The number of carbonyl (C=O) groups is 2. The zero-order valence-corrected chi connectivity index (χ0v) is 12.6. The molecule has 0 saturated carbocycles. The van der Waals surface area contributed by atoms with Crippen LogP contribution in [-0.4, -0.2) is 21.8 Å². The zero-order valence-electron chi connectivity index (χ0n) is 12.6. The van der Waals surface area contributed by atoms with E-state index in [9.17, 15) is 9.59 Å². The summed E-state index contributed by atoms with van der Waals surface area (Å²) in [6.07, 6.45) is 6.23. The number of pyridine rings is 2. The van der Waals surface area contributed by atoms with E-state index in [-0.39, 0.29) is 11.8 Å². The summed E-state index contributed by atoms with van der Waals surface area (Å²) in [6.45, 7) is 0. The van der Waals surface area contributed by atoms with Crippen molar-refractivity contribution in [3.63, 3.8) is 0 Å². The first-order chi connectivity index (χ1) is 11.7. The second-order valence-corrected chi connectivity index (χ2v) is 4.96. The van der Waals surface area contributed by atoms with Gasteiger partial charge in [0.1, 0.15) is 0 Å². The van der Waals surface area contributed by atoms with Crippen molar-refractivity contribution in [3.05, 3.63) is 84.4 Å². The number of rotatable bonds is 4. The summed E-state index contributed by atoms with van der Waals surface area (Å²) < 4.78 is 0. The molecule has 3 aromatic rings. The Morgan fingerprint density at radius 3 is 1.79 bits per heavy atom. The van der Waals surface area contributed by atoms with Gasteiger partial charge in [0.25, 0.3) is 11.8 Å². The van der Waals surface area contributed by atoms with Crippen molar-refractivity contribution in [1.82, 2.24) is 9.97 Å². The van der Waals surface area contributed by atoms with E-state index in [1.807, 2.05) is 0 Å². The molecule has 0 unspecified atom stereocenters. The molecule has 0 atom stereocenters. The molecule has 0 spiro atoms. The number of carbonyl (C=O) groups excluding carboxylic acids is 2. The van der Waals surface area contributed by atoms with Crippen LogP contribution in [0.3, 0.4) is 0 Å². The Morgan fingerprint density at radius 2 is 1.25 bits per heavy atom. The minimum absolute atomic E-state index is 0.218. The average Bonchev–Trinajstić information content (AvgIpc) is 2.65. The number of hydrogen-bond donors (Lipinski definition) is 2. The average molecular weight is 318 g/mol. The van der Waals surface area contributed by atoms with Crippen molar-refractivity contribution < 1.29 is 9.59 Å². The fourth-order valence-corrected chi connectivity index (χ4v) is 2.04. The van der Waals surface area contributed by atoms with E-state index in [0.29, 0.717) is 22.5 Å². The van der Waals surface area contributed by atoms with E-state index in [1.165, 1.54) is 6.20 Å². The number of benzene rings is 1. The zero-order chi connectivity index (χ0) is 16.8. The van der Waals surface area contributed by atoms with Crippen LogP contribution in [0.4, 0.5) is 11.4 Å². The van der Waals surface area contributed by atoms with Crippen molar-refractivity contribution in [3.8, 4) is 0 Å². The van der Waals surface area contributed by atoms with E-state index >= 15 is 0 Å². The van der Waals surface area contributed by atoms with Crippen LogP contribution in [0, 0.1) is 0 Å². The fourth-order valence-electron chi connectivity index (χ4n) is 2.04. The lowest BCUT2D eigenvalue weighted by molar-refractivity contribution is 0.101. The predicted molar refractivity (Wildman–Crippen MR) is 90.8 cm³/mol. The van der Waals surface area contributed by atoms with Gasteiger partial charge in [-0.2, -0.15) is 0 Å². The molecule has 118 valence electrons. The van der Waals surface area contributed by atoms with Gasteiger partial charge in [-0.3, -0.25) is 19.6 Å². The smallest absolute Gasteiger partial charge is 0.257 e. The van der Waals surface area contributed by atoms with Crippen LogP contribution in [0.2, 0.25) is 0 Å². The van der Waals surface area contributed by atoms with Crippen LogP contribution >= 0.6 is 0 Å². The van der Waals surface area contributed by atoms with E-state index < -0.39 is 0 Å². The summed E-state index contributed by atoms with van der Waals surface area (Å²) in [7, 11) is 0. The summed E-state index contributed by atoms with van der Waals surface area (Å²) in [5.74, 6) is -0.457. The molecule has 24 heavy (non-hydrogen) atoms.